The average molecular weight is 198 g/mol. The highest BCUT2D eigenvalue weighted by molar-refractivity contribution is 5.78. The monoisotopic (exact) mass is 198 g/mol. The molecule has 0 aliphatic carbocycles. The number of rotatable bonds is 4. The van der Waals surface area contributed by atoms with Crippen molar-refractivity contribution in [2.75, 3.05) is 26.2 Å². The second-order valence-electron chi connectivity index (χ2n) is 4.91. The van der Waals surface area contributed by atoms with Gasteiger partial charge in [-0.3, -0.25) is 4.79 Å². The van der Waals surface area contributed by atoms with E-state index in [1.54, 1.807) is 0 Å². The molecular formula is C11H22N2O. The van der Waals surface area contributed by atoms with Crippen molar-refractivity contribution in [2.45, 2.75) is 33.6 Å². The SMILES string of the molecule is CCCNCC(=O)N1CCC(C)(C)C1. The summed E-state index contributed by atoms with van der Waals surface area (Å²) in [5.41, 5.74) is 0.320. The van der Waals surface area contributed by atoms with E-state index in [-0.39, 0.29) is 5.91 Å². The lowest BCUT2D eigenvalue weighted by Gasteiger charge is -2.19. The Labute approximate surface area is 86.9 Å². The number of amides is 1. The lowest BCUT2D eigenvalue weighted by atomic mass is 9.93. The van der Waals surface area contributed by atoms with E-state index in [0.29, 0.717) is 12.0 Å². The average Bonchev–Trinajstić information content (AvgIpc) is 2.46. The van der Waals surface area contributed by atoms with Gasteiger partial charge in [0, 0.05) is 13.1 Å². The zero-order chi connectivity index (χ0) is 10.6. The summed E-state index contributed by atoms with van der Waals surface area (Å²) in [4.78, 5) is 13.6. The van der Waals surface area contributed by atoms with Crippen molar-refractivity contribution in [2.24, 2.45) is 5.41 Å². The molecule has 1 N–H and O–H groups in total. The van der Waals surface area contributed by atoms with Crippen LogP contribution in [0.2, 0.25) is 0 Å². The lowest BCUT2D eigenvalue weighted by Crippen LogP contribution is -2.37. The zero-order valence-electron chi connectivity index (χ0n) is 9.60. The molecule has 1 amide bonds. The maximum absolute atomic E-state index is 11.7. The molecule has 3 heteroatoms. The fourth-order valence-electron chi connectivity index (χ4n) is 1.81. The van der Waals surface area contributed by atoms with Gasteiger partial charge in [0.1, 0.15) is 0 Å². The Kier molecular flexibility index (Phi) is 3.93. The van der Waals surface area contributed by atoms with Gasteiger partial charge in [0.15, 0.2) is 0 Å². The maximum atomic E-state index is 11.7. The van der Waals surface area contributed by atoms with Crippen LogP contribution in [0.1, 0.15) is 33.6 Å². The summed E-state index contributed by atoms with van der Waals surface area (Å²) in [5, 5.41) is 3.15. The Morgan fingerprint density at radius 2 is 2.21 bits per heavy atom. The van der Waals surface area contributed by atoms with E-state index in [1.807, 2.05) is 4.90 Å². The van der Waals surface area contributed by atoms with Crippen LogP contribution in [0.15, 0.2) is 0 Å². The van der Waals surface area contributed by atoms with E-state index >= 15 is 0 Å². The number of carbonyl (C=O) groups excluding carboxylic acids is 1. The molecule has 3 nitrogen and oxygen atoms in total. The molecule has 0 aromatic heterocycles. The van der Waals surface area contributed by atoms with Gasteiger partial charge in [-0.05, 0) is 24.8 Å². The van der Waals surface area contributed by atoms with Crippen molar-refractivity contribution in [1.82, 2.24) is 10.2 Å². The van der Waals surface area contributed by atoms with E-state index in [1.165, 1.54) is 0 Å². The van der Waals surface area contributed by atoms with Crippen LogP contribution in [0.25, 0.3) is 0 Å². The summed E-state index contributed by atoms with van der Waals surface area (Å²) < 4.78 is 0. The zero-order valence-corrected chi connectivity index (χ0v) is 9.60. The number of likely N-dealkylation sites (tertiary alicyclic amines) is 1. The summed E-state index contributed by atoms with van der Waals surface area (Å²) in [6, 6.07) is 0. The molecule has 0 bridgehead atoms. The fourth-order valence-corrected chi connectivity index (χ4v) is 1.81. The van der Waals surface area contributed by atoms with Gasteiger partial charge in [-0.15, -0.1) is 0 Å². The molecule has 1 heterocycles. The van der Waals surface area contributed by atoms with E-state index in [2.05, 4.69) is 26.1 Å². The molecule has 1 fully saturated rings. The molecule has 0 unspecified atom stereocenters. The number of nitrogens with zero attached hydrogens (tertiary/aromatic N) is 1. The predicted octanol–water partition coefficient (Wildman–Crippen LogP) is 1.24. The molecule has 1 aliphatic rings. The van der Waals surface area contributed by atoms with E-state index in [0.717, 1.165) is 32.5 Å². The second-order valence-corrected chi connectivity index (χ2v) is 4.91. The van der Waals surface area contributed by atoms with Crippen molar-refractivity contribution in [3.05, 3.63) is 0 Å². The summed E-state index contributed by atoms with van der Waals surface area (Å²) in [6.07, 6.45) is 2.21. The first kappa shape index (κ1) is 11.5. The van der Waals surface area contributed by atoms with Crippen LogP contribution in [-0.2, 0) is 4.79 Å². The van der Waals surface area contributed by atoms with Gasteiger partial charge in [-0.2, -0.15) is 0 Å². The quantitative estimate of drug-likeness (QED) is 0.689. The number of carbonyl (C=O) groups is 1. The van der Waals surface area contributed by atoms with Crippen LogP contribution in [-0.4, -0.2) is 37.0 Å². The topological polar surface area (TPSA) is 32.3 Å². The summed E-state index contributed by atoms with van der Waals surface area (Å²) >= 11 is 0. The minimum Gasteiger partial charge on any atom is -0.341 e. The first-order valence-electron chi connectivity index (χ1n) is 5.54. The van der Waals surface area contributed by atoms with Gasteiger partial charge in [0.25, 0.3) is 0 Å². The molecule has 1 aliphatic heterocycles. The van der Waals surface area contributed by atoms with Gasteiger partial charge in [-0.25, -0.2) is 0 Å². The van der Waals surface area contributed by atoms with Crippen LogP contribution < -0.4 is 5.32 Å². The molecule has 1 saturated heterocycles. The third-order valence-electron chi connectivity index (χ3n) is 2.73. The molecule has 82 valence electrons. The standard InChI is InChI=1S/C11H22N2O/c1-4-6-12-8-10(14)13-7-5-11(2,3)9-13/h12H,4-9H2,1-3H3. The van der Waals surface area contributed by atoms with Crippen LogP contribution in [0.4, 0.5) is 0 Å². The van der Waals surface area contributed by atoms with Crippen molar-refractivity contribution in [3.63, 3.8) is 0 Å². The third kappa shape index (κ3) is 3.29. The Balaban J connectivity index is 2.25. The van der Waals surface area contributed by atoms with Gasteiger partial charge < -0.3 is 10.2 Å². The molecule has 0 spiro atoms. The molecule has 0 radical (unpaired) electrons. The molecule has 0 saturated carbocycles. The summed E-state index contributed by atoms with van der Waals surface area (Å²) in [7, 11) is 0. The molecule has 0 atom stereocenters. The predicted molar refractivity (Wildman–Crippen MR) is 58.1 cm³/mol. The van der Waals surface area contributed by atoms with Crippen molar-refractivity contribution < 1.29 is 4.79 Å². The van der Waals surface area contributed by atoms with E-state index in [9.17, 15) is 4.79 Å². The smallest absolute Gasteiger partial charge is 0.236 e. The van der Waals surface area contributed by atoms with Gasteiger partial charge in [0.05, 0.1) is 6.54 Å². The van der Waals surface area contributed by atoms with E-state index < -0.39 is 0 Å². The van der Waals surface area contributed by atoms with Gasteiger partial charge in [0.2, 0.25) is 5.91 Å². The van der Waals surface area contributed by atoms with Crippen molar-refractivity contribution >= 4 is 5.91 Å². The van der Waals surface area contributed by atoms with Gasteiger partial charge in [-0.1, -0.05) is 20.8 Å². The highest BCUT2D eigenvalue weighted by atomic mass is 16.2. The Morgan fingerprint density at radius 3 is 2.71 bits per heavy atom. The third-order valence-corrected chi connectivity index (χ3v) is 2.73. The summed E-state index contributed by atoms with van der Waals surface area (Å²) in [5.74, 6) is 0.254. The number of hydrogen-bond donors (Lipinski definition) is 1. The van der Waals surface area contributed by atoms with Crippen molar-refractivity contribution in [1.29, 1.82) is 0 Å². The van der Waals surface area contributed by atoms with E-state index in [4.69, 9.17) is 0 Å². The number of nitrogens with one attached hydrogen (secondary N) is 1. The molecular weight excluding hydrogens is 176 g/mol. The highest BCUT2D eigenvalue weighted by Gasteiger charge is 2.31. The normalized spacial score (nSPS) is 20.1. The Morgan fingerprint density at radius 1 is 1.50 bits per heavy atom. The second kappa shape index (κ2) is 4.78. The fraction of sp³-hybridized carbons (Fsp3) is 0.909. The Bertz CT molecular complexity index is 201. The molecule has 0 aromatic rings. The number of hydrogen-bond acceptors (Lipinski definition) is 2. The highest BCUT2D eigenvalue weighted by Crippen LogP contribution is 2.28. The molecule has 1 rings (SSSR count). The maximum Gasteiger partial charge on any atom is 0.236 e. The van der Waals surface area contributed by atoms with Crippen LogP contribution >= 0.6 is 0 Å². The molecule has 14 heavy (non-hydrogen) atoms. The van der Waals surface area contributed by atoms with Crippen LogP contribution in [0, 0.1) is 5.41 Å². The minimum absolute atomic E-state index is 0.254. The Hall–Kier alpha value is -0.570. The first-order valence-corrected chi connectivity index (χ1v) is 5.54. The largest absolute Gasteiger partial charge is 0.341 e. The minimum atomic E-state index is 0.254. The van der Waals surface area contributed by atoms with Crippen molar-refractivity contribution in [3.8, 4) is 0 Å². The van der Waals surface area contributed by atoms with Crippen LogP contribution in [0.5, 0.6) is 0 Å². The molecule has 0 aromatic carbocycles. The van der Waals surface area contributed by atoms with Gasteiger partial charge >= 0.3 is 0 Å². The lowest BCUT2D eigenvalue weighted by molar-refractivity contribution is -0.129. The summed E-state index contributed by atoms with van der Waals surface area (Å²) in [6.45, 7) is 9.84. The first-order chi connectivity index (χ1) is 6.55. The van der Waals surface area contributed by atoms with Crippen LogP contribution in [0.3, 0.4) is 0 Å².